The van der Waals surface area contributed by atoms with Crippen LogP contribution in [0, 0.1) is 0 Å². The third-order valence-corrected chi connectivity index (χ3v) is 4.45. The van der Waals surface area contributed by atoms with E-state index in [9.17, 15) is 4.79 Å². The van der Waals surface area contributed by atoms with Crippen LogP contribution in [-0.4, -0.2) is 36.2 Å². The molecule has 2 rings (SSSR count). The Hall–Kier alpha value is -1.85. The summed E-state index contributed by atoms with van der Waals surface area (Å²) >= 11 is 1.75. The highest BCUT2D eigenvalue weighted by molar-refractivity contribution is 7.10. The Morgan fingerprint density at radius 1 is 1.38 bits per heavy atom. The molecule has 2 aromatic rings. The molecule has 1 atom stereocenters. The number of hydrogen-bond donors (Lipinski definition) is 1. The first kappa shape index (κ1) is 15.5. The van der Waals surface area contributed by atoms with Gasteiger partial charge in [0, 0.05) is 17.5 Å². The summed E-state index contributed by atoms with van der Waals surface area (Å²) in [6, 6.07) is 11.1. The minimum absolute atomic E-state index is 0.243. The van der Waals surface area contributed by atoms with Crippen molar-refractivity contribution in [1.29, 1.82) is 0 Å². The van der Waals surface area contributed by atoms with Gasteiger partial charge in [-0.1, -0.05) is 12.1 Å². The zero-order valence-corrected chi connectivity index (χ0v) is 13.0. The Balaban J connectivity index is 1.84. The minimum Gasteiger partial charge on any atom is -0.492 e. The maximum absolute atomic E-state index is 10.9. The van der Waals surface area contributed by atoms with E-state index in [0.29, 0.717) is 18.4 Å². The van der Waals surface area contributed by atoms with Crippen LogP contribution in [0.25, 0.3) is 0 Å². The Kier molecular flexibility index (Phi) is 5.36. The third-order valence-electron chi connectivity index (χ3n) is 3.41. The van der Waals surface area contributed by atoms with Gasteiger partial charge in [0.1, 0.15) is 12.4 Å². The van der Waals surface area contributed by atoms with Crippen LogP contribution in [0.15, 0.2) is 41.8 Å². The number of rotatable bonds is 7. The Morgan fingerprint density at radius 3 is 2.86 bits per heavy atom. The molecule has 0 bridgehead atoms. The van der Waals surface area contributed by atoms with Gasteiger partial charge in [0.25, 0.3) is 0 Å². The van der Waals surface area contributed by atoms with Crippen molar-refractivity contribution in [1.82, 2.24) is 4.90 Å². The smallest absolute Gasteiger partial charge is 0.335 e. The second kappa shape index (κ2) is 7.24. The normalized spacial score (nSPS) is 12.3. The van der Waals surface area contributed by atoms with Crippen LogP contribution >= 0.6 is 11.3 Å². The molecule has 0 aliphatic carbocycles. The molecule has 0 saturated heterocycles. The van der Waals surface area contributed by atoms with Crippen LogP contribution in [-0.2, 0) is 0 Å². The number of nitrogens with zero attached hydrogens (tertiary/aromatic N) is 1. The predicted molar refractivity (Wildman–Crippen MR) is 84.3 cm³/mol. The summed E-state index contributed by atoms with van der Waals surface area (Å²) < 4.78 is 5.63. The third kappa shape index (κ3) is 4.31. The number of carboxylic acids is 1. The Labute approximate surface area is 128 Å². The van der Waals surface area contributed by atoms with Crippen molar-refractivity contribution in [3.8, 4) is 5.75 Å². The van der Waals surface area contributed by atoms with Gasteiger partial charge < -0.3 is 9.84 Å². The number of thiophene rings is 1. The molecular weight excluding hydrogens is 286 g/mol. The maximum atomic E-state index is 10.9. The molecule has 4 nitrogen and oxygen atoms in total. The van der Waals surface area contributed by atoms with Crippen LogP contribution in [0.2, 0.25) is 0 Å². The lowest BCUT2D eigenvalue weighted by molar-refractivity contribution is 0.0696. The summed E-state index contributed by atoms with van der Waals surface area (Å²) in [4.78, 5) is 14.4. The van der Waals surface area contributed by atoms with Gasteiger partial charge in [0.05, 0.1) is 5.56 Å². The molecule has 112 valence electrons. The van der Waals surface area contributed by atoms with E-state index in [0.717, 1.165) is 6.54 Å². The van der Waals surface area contributed by atoms with Crippen molar-refractivity contribution in [2.75, 3.05) is 20.2 Å². The first-order chi connectivity index (χ1) is 10.1. The summed E-state index contributed by atoms with van der Waals surface area (Å²) in [6.45, 7) is 3.46. The molecule has 1 heterocycles. The van der Waals surface area contributed by atoms with Gasteiger partial charge in [-0.15, -0.1) is 11.3 Å². The fourth-order valence-electron chi connectivity index (χ4n) is 1.97. The van der Waals surface area contributed by atoms with Crippen molar-refractivity contribution in [2.24, 2.45) is 0 Å². The maximum Gasteiger partial charge on any atom is 0.335 e. The molecule has 21 heavy (non-hydrogen) atoms. The SMILES string of the molecule is CC(c1cccs1)N(C)CCOc1cccc(C(=O)O)c1. The van der Waals surface area contributed by atoms with E-state index in [1.165, 1.54) is 4.88 Å². The van der Waals surface area contributed by atoms with Gasteiger partial charge in [-0.2, -0.15) is 0 Å². The molecule has 0 aliphatic rings. The molecule has 0 aliphatic heterocycles. The Bertz CT molecular complexity index is 583. The summed E-state index contributed by atoms with van der Waals surface area (Å²) in [7, 11) is 2.06. The molecule has 5 heteroatoms. The van der Waals surface area contributed by atoms with Gasteiger partial charge in [-0.3, -0.25) is 4.90 Å². The molecule has 0 spiro atoms. The second-order valence-corrected chi connectivity index (χ2v) is 5.83. The number of aromatic carboxylic acids is 1. The minimum atomic E-state index is -0.941. The number of carbonyl (C=O) groups is 1. The van der Waals surface area contributed by atoms with E-state index in [2.05, 4.69) is 36.4 Å². The fourth-order valence-corrected chi connectivity index (χ4v) is 2.81. The van der Waals surface area contributed by atoms with Crippen LogP contribution in [0.3, 0.4) is 0 Å². The van der Waals surface area contributed by atoms with Crippen molar-refractivity contribution in [3.05, 3.63) is 52.2 Å². The lowest BCUT2D eigenvalue weighted by Gasteiger charge is -2.23. The molecule has 1 aromatic carbocycles. The first-order valence-electron chi connectivity index (χ1n) is 6.77. The van der Waals surface area contributed by atoms with Crippen LogP contribution in [0.1, 0.15) is 28.2 Å². The quantitative estimate of drug-likeness (QED) is 0.850. The van der Waals surface area contributed by atoms with E-state index >= 15 is 0 Å². The van der Waals surface area contributed by atoms with Crippen LogP contribution < -0.4 is 4.74 Å². The van der Waals surface area contributed by atoms with Crippen LogP contribution in [0.5, 0.6) is 5.75 Å². The van der Waals surface area contributed by atoms with E-state index in [1.54, 1.807) is 35.6 Å². The molecule has 0 amide bonds. The highest BCUT2D eigenvalue weighted by Gasteiger charge is 2.12. The van der Waals surface area contributed by atoms with Gasteiger partial charge >= 0.3 is 5.97 Å². The topological polar surface area (TPSA) is 49.8 Å². The number of hydrogen-bond acceptors (Lipinski definition) is 4. The Morgan fingerprint density at radius 2 is 2.19 bits per heavy atom. The number of benzene rings is 1. The van der Waals surface area contributed by atoms with Gasteiger partial charge in [-0.25, -0.2) is 4.79 Å². The average Bonchev–Trinajstić information content (AvgIpc) is 3.00. The van der Waals surface area contributed by atoms with Crippen molar-refractivity contribution < 1.29 is 14.6 Å². The summed E-state index contributed by atoms with van der Waals surface area (Å²) in [5, 5.41) is 11.0. The average molecular weight is 305 g/mol. The van der Waals surface area contributed by atoms with E-state index in [4.69, 9.17) is 9.84 Å². The number of carboxylic acid groups (broad SMARTS) is 1. The fraction of sp³-hybridized carbons (Fsp3) is 0.312. The molecule has 0 saturated carbocycles. The van der Waals surface area contributed by atoms with E-state index in [-0.39, 0.29) is 5.56 Å². The monoisotopic (exact) mass is 305 g/mol. The highest BCUT2D eigenvalue weighted by Crippen LogP contribution is 2.23. The molecule has 1 unspecified atom stereocenters. The first-order valence-corrected chi connectivity index (χ1v) is 7.65. The predicted octanol–water partition coefficient (Wildman–Crippen LogP) is 3.52. The number of likely N-dealkylation sites (N-methyl/N-ethyl adjacent to an activating group) is 1. The highest BCUT2D eigenvalue weighted by atomic mass is 32.1. The molecule has 1 aromatic heterocycles. The zero-order chi connectivity index (χ0) is 15.2. The van der Waals surface area contributed by atoms with Crippen molar-refractivity contribution >= 4 is 17.3 Å². The van der Waals surface area contributed by atoms with Crippen molar-refractivity contribution in [2.45, 2.75) is 13.0 Å². The zero-order valence-electron chi connectivity index (χ0n) is 12.2. The summed E-state index contributed by atoms with van der Waals surface area (Å²) in [5.74, 6) is -0.351. The molecular formula is C16H19NO3S. The molecule has 0 radical (unpaired) electrons. The number of ether oxygens (including phenoxy) is 1. The van der Waals surface area contributed by atoms with Gasteiger partial charge in [0.2, 0.25) is 0 Å². The lowest BCUT2D eigenvalue weighted by atomic mass is 10.2. The summed E-state index contributed by atoms with van der Waals surface area (Å²) in [6.07, 6.45) is 0. The molecule has 0 fully saturated rings. The largest absolute Gasteiger partial charge is 0.492 e. The summed E-state index contributed by atoms with van der Waals surface area (Å²) in [5.41, 5.74) is 0.243. The van der Waals surface area contributed by atoms with Gasteiger partial charge in [0.15, 0.2) is 0 Å². The van der Waals surface area contributed by atoms with E-state index < -0.39 is 5.97 Å². The van der Waals surface area contributed by atoms with Crippen LogP contribution in [0.4, 0.5) is 0 Å². The second-order valence-electron chi connectivity index (χ2n) is 4.85. The lowest BCUT2D eigenvalue weighted by Crippen LogP contribution is -2.26. The van der Waals surface area contributed by atoms with Gasteiger partial charge in [-0.05, 0) is 43.6 Å². The van der Waals surface area contributed by atoms with E-state index in [1.807, 2.05) is 0 Å². The van der Waals surface area contributed by atoms with Crippen molar-refractivity contribution in [3.63, 3.8) is 0 Å². The standard InChI is InChI=1S/C16H19NO3S/c1-12(15-7-4-10-21-15)17(2)8-9-20-14-6-3-5-13(11-14)16(18)19/h3-7,10-12H,8-9H2,1-2H3,(H,18,19). The molecule has 1 N–H and O–H groups in total.